The zero-order chi connectivity index (χ0) is 10.7. The lowest BCUT2D eigenvalue weighted by atomic mass is 10.4. The molecule has 0 fully saturated rings. The fraction of sp³-hybridized carbons (Fsp3) is 0.111. The van der Waals surface area contributed by atoms with Crippen LogP contribution >= 0.6 is 0 Å². The molecule has 0 aliphatic rings. The lowest BCUT2D eigenvalue weighted by Gasteiger charge is -2.05. The van der Waals surface area contributed by atoms with Crippen LogP contribution in [0.25, 0.3) is 0 Å². The average Bonchev–Trinajstić information content (AvgIpc) is 2.17. The van der Waals surface area contributed by atoms with Crippen molar-refractivity contribution >= 4 is 17.5 Å². The van der Waals surface area contributed by atoms with E-state index in [-0.39, 0.29) is 5.95 Å². The second-order valence-electron chi connectivity index (χ2n) is 3.00. The summed E-state index contributed by atoms with van der Waals surface area (Å²) < 4.78 is 0. The van der Waals surface area contributed by atoms with Crippen molar-refractivity contribution in [2.24, 2.45) is 0 Å². The summed E-state index contributed by atoms with van der Waals surface area (Å²) in [6.45, 7) is 1.85. The summed E-state index contributed by atoms with van der Waals surface area (Å²) >= 11 is 0. The third kappa shape index (κ3) is 2.37. The molecule has 0 aliphatic heterocycles. The number of nitrogens with two attached hydrogens (primary N) is 1. The molecule has 2 aromatic rings. The molecule has 3 N–H and O–H groups in total. The Bertz CT molecular complexity index is 435. The molecule has 0 radical (unpaired) electrons. The minimum atomic E-state index is 0.245. The van der Waals surface area contributed by atoms with Crippen LogP contribution < -0.4 is 11.1 Å². The van der Waals surface area contributed by atoms with E-state index < -0.39 is 0 Å². The number of aryl methyl sites for hydroxylation is 1. The number of nitrogens with zero attached hydrogens (tertiary/aromatic N) is 4. The summed E-state index contributed by atoms with van der Waals surface area (Å²) in [4.78, 5) is 15.8. The second kappa shape index (κ2) is 3.87. The molecule has 0 aliphatic carbocycles. The van der Waals surface area contributed by atoms with E-state index in [9.17, 15) is 0 Å². The first kappa shape index (κ1) is 9.32. The molecule has 2 heterocycles. The summed E-state index contributed by atoms with van der Waals surface area (Å²) in [5.74, 6) is 0.879. The fourth-order valence-corrected chi connectivity index (χ4v) is 1.17. The van der Waals surface area contributed by atoms with E-state index in [2.05, 4.69) is 25.3 Å². The molecule has 0 saturated carbocycles. The van der Waals surface area contributed by atoms with Gasteiger partial charge in [0.05, 0.1) is 18.1 Å². The molecule has 6 heteroatoms. The third-order valence-electron chi connectivity index (χ3n) is 1.70. The van der Waals surface area contributed by atoms with E-state index in [0.29, 0.717) is 5.82 Å². The molecule has 15 heavy (non-hydrogen) atoms. The summed E-state index contributed by atoms with van der Waals surface area (Å²) in [6.07, 6.45) is 4.77. The van der Waals surface area contributed by atoms with E-state index in [1.807, 2.05) is 6.92 Å². The molecule has 2 rings (SSSR count). The maximum absolute atomic E-state index is 5.52. The van der Waals surface area contributed by atoms with Crippen LogP contribution in [0.1, 0.15) is 5.69 Å². The van der Waals surface area contributed by atoms with Crippen LogP contribution in [0, 0.1) is 6.92 Å². The number of rotatable bonds is 2. The highest BCUT2D eigenvalue weighted by atomic mass is 15.1. The first-order valence-electron chi connectivity index (χ1n) is 4.37. The molecule has 0 bridgehead atoms. The van der Waals surface area contributed by atoms with Crippen LogP contribution in [0.4, 0.5) is 17.5 Å². The van der Waals surface area contributed by atoms with Crippen molar-refractivity contribution in [1.82, 2.24) is 19.9 Å². The molecule has 0 amide bonds. The zero-order valence-electron chi connectivity index (χ0n) is 8.18. The van der Waals surface area contributed by atoms with E-state index in [4.69, 9.17) is 5.73 Å². The van der Waals surface area contributed by atoms with Crippen molar-refractivity contribution in [2.75, 3.05) is 11.1 Å². The van der Waals surface area contributed by atoms with Crippen molar-refractivity contribution in [2.45, 2.75) is 6.92 Å². The second-order valence-corrected chi connectivity index (χ2v) is 3.00. The van der Waals surface area contributed by atoms with Crippen molar-refractivity contribution < 1.29 is 0 Å². The Morgan fingerprint density at radius 3 is 2.60 bits per heavy atom. The Morgan fingerprint density at radius 2 is 1.93 bits per heavy atom. The van der Waals surface area contributed by atoms with Gasteiger partial charge in [-0.3, -0.25) is 0 Å². The minimum absolute atomic E-state index is 0.245. The topological polar surface area (TPSA) is 89.6 Å². The van der Waals surface area contributed by atoms with Gasteiger partial charge in [0.15, 0.2) is 0 Å². The molecule has 6 nitrogen and oxygen atoms in total. The summed E-state index contributed by atoms with van der Waals surface area (Å²) in [7, 11) is 0. The van der Waals surface area contributed by atoms with E-state index >= 15 is 0 Å². The van der Waals surface area contributed by atoms with Crippen LogP contribution in [0.2, 0.25) is 0 Å². The van der Waals surface area contributed by atoms with Crippen molar-refractivity contribution in [1.29, 1.82) is 0 Å². The Kier molecular flexibility index (Phi) is 2.40. The number of nitrogen functional groups attached to an aromatic ring is 1. The molecular weight excluding hydrogens is 192 g/mol. The number of nitrogens with one attached hydrogen (secondary N) is 1. The molecular formula is C9H10N6. The highest BCUT2D eigenvalue weighted by Crippen LogP contribution is 2.13. The van der Waals surface area contributed by atoms with Crippen molar-refractivity contribution in [3.05, 3.63) is 30.5 Å². The average molecular weight is 202 g/mol. The van der Waals surface area contributed by atoms with Crippen LogP contribution in [0.5, 0.6) is 0 Å². The van der Waals surface area contributed by atoms with Gasteiger partial charge in [0.2, 0.25) is 5.95 Å². The molecule has 0 aromatic carbocycles. The summed E-state index contributed by atoms with van der Waals surface area (Å²) in [5, 5.41) is 3.03. The SMILES string of the molecule is Cc1cc(Nc2cncnc2)nc(N)n1. The minimum Gasteiger partial charge on any atom is -0.368 e. The molecule has 76 valence electrons. The van der Waals surface area contributed by atoms with Gasteiger partial charge in [0.25, 0.3) is 0 Å². The quantitative estimate of drug-likeness (QED) is 0.752. The fourth-order valence-electron chi connectivity index (χ4n) is 1.17. The van der Waals surface area contributed by atoms with Gasteiger partial charge in [0.1, 0.15) is 12.1 Å². The Morgan fingerprint density at radius 1 is 1.20 bits per heavy atom. The van der Waals surface area contributed by atoms with Crippen molar-refractivity contribution in [3.63, 3.8) is 0 Å². The van der Waals surface area contributed by atoms with Crippen LogP contribution in [0.3, 0.4) is 0 Å². The standard InChI is InChI=1S/C9H10N6/c1-6-2-8(15-9(10)13-6)14-7-3-11-5-12-4-7/h2-5H,1H3,(H3,10,13,14,15). The van der Waals surface area contributed by atoms with Gasteiger partial charge in [-0.2, -0.15) is 4.98 Å². The highest BCUT2D eigenvalue weighted by Gasteiger charge is 1.99. The zero-order valence-corrected chi connectivity index (χ0v) is 8.18. The third-order valence-corrected chi connectivity index (χ3v) is 1.70. The maximum atomic E-state index is 5.52. The Balaban J connectivity index is 2.25. The van der Waals surface area contributed by atoms with Gasteiger partial charge >= 0.3 is 0 Å². The van der Waals surface area contributed by atoms with Gasteiger partial charge in [-0.1, -0.05) is 0 Å². The molecule has 0 spiro atoms. The highest BCUT2D eigenvalue weighted by molar-refractivity contribution is 5.54. The lowest BCUT2D eigenvalue weighted by molar-refractivity contribution is 1.11. The van der Waals surface area contributed by atoms with Gasteiger partial charge in [-0.25, -0.2) is 15.0 Å². The largest absolute Gasteiger partial charge is 0.368 e. The number of hydrogen-bond donors (Lipinski definition) is 2. The summed E-state index contributed by atoms with van der Waals surface area (Å²) in [5.41, 5.74) is 7.09. The van der Waals surface area contributed by atoms with E-state index in [0.717, 1.165) is 11.4 Å². The predicted octanol–water partition coefficient (Wildman–Crippen LogP) is 0.901. The smallest absolute Gasteiger partial charge is 0.222 e. The van der Waals surface area contributed by atoms with Crippen LogP contribution in [-0.2, 0) is 0 Å². The van der Waals surface area contributed by atoms with Crippen molar-refractivity contribution in [3.8, 4) is 0 Å². The number of anilines is 3. The van der Waals surface area contributed by atoms with Gasteiger partial charge in [-0.05, 0) is 6.92 Å². The first-order valence-corrected chi connectivity index (χ1v) is 4.37. The van der Waals surface area contributed by atoms with E-state index in [1.165, 1.54) is 6.33 Å². The Labute approximate surface area is 86.6 Å². The molecule has 0 saturated heterocycles. The summed E-state index contributed by atoms with van der Waals surface area (Å²) in [6, 6.07) is 1.80. The number of hydrogen-bond acceptors (Lipinski definition) is 6. The van der Waals surface area contributed by atoms with Gasteiger partial charge in [0, 0.05) is 11.8 Å². The number of aromatic nitrogens is 4. The van der Waals surface area contributed by atoms with Gasteiger partial charge in [-0.15, -0.1) is 0 Å². The molecule has 0 unspecified atom stereocenters. The van der Waals surface area contributed by atoms with Gasteiger partial charge < -0.3 is 11.1 Å². The normalized spacial score (nSPS) is 9.93. The monoisotopic (exact) mass is 202 g/mol. The van der Waals surface area contributed by atoms with E-state index in [1.54, 1.807) is 18.5 Å². The first-order chi connectivity index (χ1) is 7.24. The lowest BCUT2D eigenvalue weighted by Crippen LogP contribution is -2.01. The maximum Gasteiger partial charge on any atom is 0.222 e. The van der Waals surface area contributed by atoms with Crippen LogP contribution in [0.15, 0.2) is 24.8 Å². The molecule has 2 aromatic heterocycles. The Hall–Kier alpha value is -2.24. The predicted molar refractivity (Wildman–Crippen MR) is 56.5 cm³/mol. The molecule has 0 atom stereocenters. The van der Waals surface area contributed by atoms with Crippen LogP contribution in [-0.4, -0.2) is 19.9 Å².